The zero-order valence-corrected chi connectivity index (χ0v) is 7.04. The van der Waals surface area contributed by atoms with Crippen molar-refractivity contribution in [2.45, 2.75) is 13.8 Å². The fraction of sp³-hybridized carbons (Fsp3) is 0.250. The summed E-state index contributed by atoms with van der Waals surface area (Å²) >= 11 is 0. The van der Waals surface area contributed by atoms with Gasteiger partial charge in [-0.15, -0.1) is 0 Å². The summed E-state index contributed by atoms with van der Waals surface area (Å²) in [5.74, 6) is -1.35. The lowest BCUT2D eigenvalue weighted by atomic mass is 10.3. The van der Waals surface area contributed by atoms with Gasteiger partial charge in [0.1, 0.15) is 0 Å². The fourth-order valence-corrected chi connectivity index (χ4v) is 0.556. The van der Waals surface area contributed by atoms with Crippen molar-refractivity contribution in [1.82, 2.24) is 4.98 Å². The van der Waals surface area contributed by atoms with Crippen molar-refractivity contribution in [3.05, 3.63) is 29.8 Å². The zero-order valence-electron chi connectivity index (χ0n) is 7.04. The van der Waals surface area contributed by atoms with Crippen molar-refractivity contribution in [2.75, 3.05) is 0 Å². The molecule has 0 saturated carbocycles. The Hall–Kier alpha value is -1.45. The average molecular weight is 172 g/mol. The summed E-state index contributed by atoms with van der Waals surface area (Å²) in [6.45, 7) is 4.00. The highest BCUT2D eigenvalue weighted by molar-refractivity contribution is 5.92. The summed E-state index contributed by atoms with van der Waals surface area (Å²) in [5, 5.41) is 0. The maximum absolute atomic E-state index is 12.2. The van der Waals surface area contributed by atoms with Crippen LogP contribution in [-0.4, -0.2) is 10.9 Å². The number of nitrogens with zero attached hydrogens (tertiary/aromatic N) is 1. The molecule has 12 heavy (non-hydrogen) atoms. The Bertz CT molecular complexity index is 268. The van der Waals surface area contributed by atoms with Gasteiger partial charge in [0.2, 0.25) is 11.9 Å². The first-order valence-electron chi connectivity index (χ1n) is 3.61. The quantitative estimate of drug-likeness (QED) is 0.654. The van der Waals surface area contributed by atoms with Gasteiger partial charge in [-0.1, -0.05) is 13.8 Å². The molecule has 3 nitrogen and oxygen atoms in total. The molecule has 68 valence electrons. The number of amides is 1. The molecule has 1 aromatic heterocycles. The molecule has 4 heteroatoms. The Morgan fingerprint density at radius 3 is 2.58 bits per heavy atom. The molecule has 0 aromatic carbocycles. The second-order valence-corrected chi connectivity index (χ2v) is 1.73. The lowest BCUT2D eigenvalue weighted by Gasteiger charge is -1.91. The number of aromatic nitrogens is 1. The van der Waals surface area contributed by atoms with Gasteiger partial charge < -0.3 is 5.73 Å². The summed E-state index contributed by atoms with van der Waals surface area (Å²) in [6.07, 6.45) is 1.19. The standard InChI is InChI=1S/C6H5FN2O.C2H6.H2/c7-5-3-4(6(8)10)1-2-9-5;1-2;/h1-3H,(H2,8,10);1-2H3;1H. The van der Waals surface area contributed by atoms with Crippen LogP contribution in [0.1, 0.15) is 25.6 Å². The average Bonchev–Trinajstić information content (AvgIpc) is 2.08. The van der Waals surface area contributed by atoms with E-state index in [1.165, 1.54) is 12.3 Å². The normalized spacial score (nSPS) is 8.25. The summed E-state index contributed by atoms with van der Waals surface area (Å²) in [7, 11) is 0. The second-order valence-electron chi connectivity index (χ2n) is 1.73. The van der Waals surface area contributed by atoms with E-state index >= 15 is 0 Å². The topological polar surface area (TPSA) is 56.0 Å². The van der Waals surface area contributed by atoms with Crippen LogP contribution in [0.4, 0.5) is 4.39 Å². The van der Waals surface area contributed by atoms with E-state index in [-0.39, 0.29) is 6.99 Å². The lowest BCUT2D eigenvalue weighted by Crippen LogP contribution is -2.11. The van der Waals surface area contributed by atoms with Crippen LogP contribution >= 0.6 is 0 Å². The van der Waals surface area contributed by atoms with Gasteiger partial charge in [-0.3, -0.25) is 4.79 Å². The molecular weight excluding hydrogens is 159 g/mol. The molecule has 0 bridgehead atoms. The van der Waals surface area contributed by atoms with Crippen molar-refractivity contribution in [1.29, 1.82) is 0 Å². The number of hydrogen-bond acceptors (Lipinski definition) is 2. The van der Waals surface area contributed by atoms with Crippen LogP contribution in [0.5, 0.6) is 0 Å². The largest absolute Gasteiger partial charge is 0.366 e. The molecule has 1 aromatic rings. The van der Waals surface area contributed by atoms with Crippen molar-refractivity contribution in [3.63, 3.8) is 0 Å². The predicted molar refractivity (Wildman–Crippen MR) is 46.2 cm³/mol. The highest BCUT2D eigenvalue weighted by Gasteiger charge is 1.99. The molecular formula is C8H13FN2O. The van der Waals surface area contributed by atoms with Crippen molar-refractivity contribution in [2.24, 2.45) is 5.73 Å². The van der Waals surface area contributed by atoms with E-state index in [9.17, 15) is 9.18 Å². The molecule has 0 saturated heterocycles. The minimum absolute atomic E-state index is 0. The number of carbonyl (C=O) groups is 1. The third kappa shape index (κ3) is 3.09. The zero-order chi connectivity index (χ0) is 9.56. The number of nitrogens with two attached hydrogens (primary N) is 1. The van der Waals surface area contributed by atoms with Gasteiger partial charge in [0.25, 0.3) is 0 Å². The monoisotopic (exact) mass is 172 g/mol. The number of rotatable bonds is 1. The Kier molecular flexibility index (Phi) is 4.60. The minimum atomic E-state index is -0.698. The van der Waals surface area contributed by atoms with Crippen LogP contribution < -0.4 is 5.73 Å². The third-order valence-corrected chi connectivity index (χ3v) is 1.01. The minimum Gasteiger partial charge on any atom is -0.366 e. The SMILES string of the molecule is CC.NC(=O)c1ccnc(F)c1.[HH]. The van der Waals surface area contributed by atoms with Crippen LogP contribution in [0.3, 0.4) is 0 Å². The molecule has 1 amide bonds. The van der Waals surface area contributed by atoms with Gasteiger partial charge in [-0.05, 0) is 6.07 Å². The summed E-state index contributed by atoms with van der Waals surface area (Å²) in [4.78, 5) is 13.6. The van der Waals surface area contributed by atoms with E-state index in [2.05, 4.69) is 4.98 Å². The van der Waals surface area contributed by atoms with E-state index in [0.29, 0.717) is 0 Å². The van der Waals surface area contributed by atoms with Crippen molar-refractivity contribution >= 4 is 5.91 Å². The fourth-order valence-electron chi connectivity index (χ4n) is 0.556. The molecule has 0 fully saturated rings. The highest BCUT2D eigenvalue weighted by Crippen LogP contribution is 1.97. The highest BCUT2D eigenvalue weighted by atomic mass is 19.1. The number of hydrogen-bond donors (Lipinski definition) is 1. The van der Waals surface area contributed by atoms with E-state index in [1.54, 1.807) is 0 Å². The molecule has 0 unspecified atom stereocenters. The van der Waals surface area contributed by atoms with E-state index < -0.39 is 11.9 Å². The van der Waals surface area contributed by atoms with Gasteiger partial charge in [-0.2, -0.15) is 4.39 Å². The molecule has 1 heterocycles. The van der Waals surface area contributed by atoms with Crippen LogP contribution in [0.15, 0.2) is 18.3 Å². The van der Waals surface area contributed by atoms with Gasteiger partial charge in [0.05, 0.1) is 0 Å². The maximum atomic E-state index is 12.2. The van der Waals surface area contributed by atoms with Crippen LogP contribution in [0.2, 0.25) is 0 Å². The first-order chi connectivity index (χ1) is 5.70. The smallest absolute Gasteiger partial charge is 0.248 e. The van der Waals surface area contributed by atoms with Crippen molar-refractivity contribution in [3.8, 4) is 0 Å². The molecule has 0 spiro atoms. The van der Waals surface area contributed by atoms with Gasteiger partial charge >= 0.3 is 0 Å². The number of pyridine rings is 1. The lowest BCUT2D eigenvalue weighted by molar-refractivity contribution is 0.0999. The summed E-state index contributed by atoms with van der Waals surface area (Å²) < 4.78 is 12.2. The molecule has 0 aliphatic heterocycles. The second kappa shape index (κ2) is 5.23. The van der Waals surface area contributed by atoms with E-state index in [1.807, 2.05) is 13.8 Å². The predicted octanol–water partition coefficient (Wildman–Crippen LogP) is 1.59. The van der Waals surface area contributed by atoms with E-state index in [0.717, 1.165) is 6.07 Å². The van der Waals surface area contributed by atoms with Crippen molar-refractivity contribution < 1.29 is 10.6 Å². The molecule has 0 radical (unpaired) electrons. The van der Waals surface area contributed by atoms with Gasteiger partial charge in [0, 0.05) is 19.3 Å². The molecule has 0 aliphatic carbocycles. The number of halogens is 1. The Labute approximate surface area is 71.9 Å². The van der Waals surface area contributed by atoms with Crippen LogP contribution in [0, 0.1) is 5.95 Å². The van der Waals surface area contributed by atoms with Gasteiger partial charge in [0.15, 0.2) is 0 Å². The number of carbonyl (C=O) groups excluding carboxylic acids is 1. The molecule has 0 aliphatic rings. The Morgan fingerprint density at radius 1 is 1.67 bits per heavy atom. The van der Waals surface area contributed by atoms with Crippen LogP contribution in [-0.2, 0) is 0 Å². The third-order valence-electron chi connectivity index (χ3n) is 1.01. The van der Waals surface area contributed by atoms with E-state index in [4.69, 9.17) is 5.73 Å². The number of primary amides is 1. The summed E-state index contributed by atoms with van der Waals surface area (Å²) in [5.41, 5.74) is 4.98. The first kappa shape index (κ1) is 10.6. The Morgan fingerprint density at radius 2 is 2.25 bits per heavy atom. The van der Waals surface area contributed by atoms with Crippen LogP contribution in [0.25, 0.3) is 0 Å². The van der Waals surface area contributed by atoms with Gasteiger partial charge in [-0.25, -0.2) is 4.98 Å². The summed E-state index contributed by atoms with van der Waals surface area (Å²) in [6, 6.07) is 2.34. The maximum Gasteiger partial charge on any atom is 0.248 e. The molecule has 1 rings (SSSR count). The molecule has 2 N–H and O–H groups in total. The Balaban J connectivity index is 0. The first-order valence-corrected chi connectivity index (χ1v) is 3.61. The molecule has 0 atom stereocenters.